The normalized spacial score (nSPS) is 19.2. The Labute approximate surface area is 208 Å². The molecule has 0 aromatic heterocycles. The zero-order valence-electron chi connectivity index (χ0n) is 19.6. The Balaban J connectivity index is 1.35. The maximum Gasteiger partial charge on any atom is 0.347 e. The fourth-order valence-corrected chi connectivity index (χ4v) is 5.25. The number of carbonyl (C=O) groups excluding carboxylic acids is 3. The van der Waals surface area contributed by atoms with Gasteiger partial charge in [0.15, 0.2) is 6.10 Å². The van der Waals surface area contributed by atoms with E-state index in [0.717, 1.165) is 16.5 Å². The molecule has 0 fully saturated rings. The highest BCUT2D eigenvalue weighted by Crippen LogP contribution is 2.42. The Hall–Kier alpha value is -4.45. The van der Waals surface area contributed by atoms with Crippen LogP contribution in [0.1, 0.15) is 44.8 Å². The Morgan fingerprint density at radius 1 is 0.833 bits per heavy atom. The number of imide groups is 1. The van der Waals surface area contributed by atoms with Gasteiger partial charge in [0.1, 0.15) is 17.9 Å². The van der Waals surface area contributed by atoms with Gasteiger partial charge in [0, 0.05) is 22.9 Å². The highest BCUT2D eigenvalue weighted by atomic mass is 16.6. The first-order valence-electron chi connectivity index (χ1n) is 11.9. The zero-order valence-corrected chi connectivity index (χ0v) is 19.6. The summed E-state index contributed by atoms with van der Waals surface area (Å²) in [5, 5.41) is 1.50. The van der Waals surface area contributed by atoms with Gasteiger partial charge in [-0.05, 0) is 47.7 Å². The number of amides is 2. The Morgan fingerprint density at radius 3 is 2.17 bits per heavy atom. The van der Waals surface area contributed by atoms with E-state index in [-0.39, 0.29) is 11.8 Å². The first-order valence-corrected chi connectivity index (χ1v) is 11.9. The Bertz CT molecular complexity index is 1460. The van der Waals surface area contributed by atoms with Gasteiger partial charge in [-0.15, -0.1) is 0 Å². The zero-order chi connectivity index (χ0) is 24.8. The average molecular weight is 478 g/mol. The van der Waals surface area contributed by atoms with Gasteiger partial charge in [-0.3, -0.25) is 14.5 Å². The molecule has 178 valence electrons. The number of nitrogens with zero attached hydrogens (tertiary/aromatic N) is 1. The maximum atomic E-state index is 13.8. The van der Waals surface area contributed by atoms with Gasteiger partial charge in [-0.1, -0.05) is 66.7 Å². The summed E-state index contributed by atoms with van der Waals surface area (Å²) in [5.74, 6) is -0.776. The number of ether oxygens (including phenoxy) is 2. The highest BCUT2D eigenvalue weighted by molar-refractivity contribution is 6.25. The number of hydrogen-bond acceptors (Lipinski definition) is 5. The summed E-state index contributed by atoms with van der Waals surface area (Å²) in [6.07, 6.45) is -1.19. The molecule has 0 radical (unpaired) electrons. The topological polar surface area (TPSA) is 72.9 Å². The summed E-state index contributed by atoms with van der Waals surface area (Å²) in [7, 11) is 0. The number of carbonyl (C=O) groups is 3. The van der Waals surface area contributed by atoms with Crippen molar-refractivity contribution in [2.75, 3.05) is 0 Å². The molecule has 0 N–H and O–H groups in total. The van der Waals surface area contributed by atoms with E-state index >= 15 is 0 Å². The molecule has 0 unspecified atom stereocenters. The van der Waals surface area contributed by atoms with Crippen molar-refractivity contribution in [1.82, 2.24) is 4.90 Å². The molecule has 0 bridgehead atoms. The number of rotatable bonds is 5. The summed E-state index contributed by atoms with van der Waals surface area (Å²) in [6.45, 7) is 1.63. The highest BCUT2D eigenvalue weighted by Gasteiger charge is 2.47. The maximum absolute atomic E-state index is 13.8. The summed E-state index contributed by atoms with van der Waals surface area (Å²) in [6, 6.07) is 26.8. The standard InChI is InChI=1S/C30H23NO5/c1-18(35-21-12-3-2-4-13-21)30(34)36-25-17-20-9-5-6-14-22(20)27(25)31-28(32)23-15-7-10-19-11-8-16-24(26(19)23)29(31)33/h2-16,18,25,27H,17H2,1H3/t18-,25+,27-/m1/s1. The molecule has 6 nitrogen and oxygen atoms in total. The van der Waals surface area contributed by atoms with Crippen molar-refractivity contribution in [3.05, 3.63) is 113 Å². The van der Waals surface area contributed by atoms with Crippen LogP contribution < -0.4 is 4.74 Å². The van der Waals surface area contributed by atoms with Crippen LogP contribution >= 0.6 is 0 Å². The second-order valence-corrected chi connectivity index (χ2v) is 9.09. The average Bonchev–Trinajstić information content (AvgIpc) is 3.25. The first kappa shape index (κ1) is 22.0. The fraction of sp³-hybridized carbons (Fsp3) is 0.167. The predicted octanol–water partition coefficient (Wildman–Crippen LogP) is 5.11. The third-order valence-corrected chi connectivity index (χ3v) is 6.88. The number of benzene rings is 4. The van der Waals surface area contributed by atoms with E-state index in [1.54, 1.807) is 31.2 Å². The molecule has 1 heterocycles. The molecule has 1 aliphatic carbocycles. The van der Waals surface area contributed by atoms with Gasteiger partial charge in [-0.25, -0.2) is 4.79 Å². The number of fused-ring (bicyclic) bond motifs is 1. The van der Waals surface area contributed by atoms with Gasteiger partial charge in [0.25, 0.3) is 11.8 Å². The number of para-hydroxylation sites is 1. The minimum Gasteiger partial charge on any atom is -0.479 e. The van der Waals surface area contributed by atoms with Crippen molar-refractivity contribution in [2.45, 2.75) is 31.6 Å². The van der Waals surface area contributed by atoms with Gasteiger partial charge in [0.05, 0.1) is 0 Å². The molecular weight excluding hydrogens is 454 g/mol. The smallest absolute Gasteiger partial charge is 0.347 e. The van der Waals surface area contributed by atoms with Gasteiger partial charge in [-0.2, -0.15) is 0 Å². The van der Waals surface area contributed by atoms with Crippen LogP contribution in [0, 0.1) is 0 Å². The Kier molecular flexibility index (Phi) is 5.29. The molecule has 3 atom stereocenters. The minimum absolute atomic E-state index is 0.388. The molecule has 36 heavy (non-hydrogen) atoms. The lowest BCUT2D eigenvalue weighted by atomic mass is 9.92. The van der Waals surface area contributed by atoms with Crippen LogP contribution in [0.25, 0.3) is 10.8 Å². The molecule has 1 aliphatic heterocycles. The molecule has 0 saturated carbocycles. The molecule has 6 heteroatoms. The van der Waals surface area contributed by atoms with Gasteiger partial charge in [0.2, 0.25) is 0 Å². The van der Waals surface area contributed by atoms with Crippen molar-refractivity contribution < 1.29 is 23.9 Å². The second kappa shape index (κ2) is 8.64. The Morgan fingerprint density at radius 2 is 1.47 bits per heavy atom. The summed E-state index contributed by atoms with van der Waals surface area (Å²) >= 11 is 0. The molecule has 6 rings (SSSR count). The van der Waals surface area contributed by atoms with E-state index < -0.39 is 24.2 Å². The van der Waals surface area contributed by atoms with Crippen molar-refractivity contribution in [2.24, 2.45) is 0 Å². The third kappa shape index (κ3) is 3.53. The van der Waals surface area contributed by atoms with Crippen LogP contribution in [0.3, 0.4) is 0 Å². The van der Waals surface area contributed by atoms with Gasteiger partial charge >= 0.3 is 5.97 Å². The molecule has 0 spiro atoms. The van der Waals surface area contributed by atoms with Crippen LogP contribution in [0.5, 0.6) is 5.75 Å². The largest absolute Gasteiger partial charge is 0.479 e. The molecular formula is C30H23NO5. The van der Waals surface area contributed by atoms with Gasteiger partial charge < -0.3 is 9.47 Å². The van der Waals surface area contributed by atoms with Crippen molar-refractivity contribution in [3.63, 3.8) is 0 Å². The molecule has 4 aromatic rings. The molecule has 4 aromatic carbocycles. The van der Waals surface area contributed by atoms with E-state index in [1.165, 1.54) is 4.90 Å². The van der Waals surface area contributed by atoms with Crippen molar-refractivity contribution in [3.8, 4) is 5.75 Å². The number of esters is 1. The van der Waals surface area contributed by atoms with E-state index in [4.69, 9.17) is 9.47 Å². The van der Waals surface area contributed by atoms with E-state index in [9.17, 15) is 14.4 Å². The van der Waals surface area contributed by atoms with Crippen LogP contribution in [0.4, 0.5) is 0 Å². The monoisotopic (exact) mass is 477 g/mol. The second-order valence-electron chi connectivity index (χ2n) is 9.09. The molecule has 0 saturated heterocycles. The molecule has 2 amide bonds. The minimum atomic E-state index is -0.862. The van der Waals surface area contributed by atoms with Crippen LogP contribution in [0.2, 0.25) is 0 Å². The lowest BCUT2D eigenvalue weighted by Crippen LogP contribution is -2.47. The van der Waals surface area contributed by atoms with E-state index in [0.29, 0.717) is 28.7 Å². The first-order chi connectivity index (χ1) is 17.5. The summed E-state index contributed by atoms with van der Waals surface area (Å²) in [4.78, 5) is 41.8. The van der Waals surface area contributed by atoms with Crippen LogP contribution in [0.15, 0.2) is 91.0 Å². The summed E-state index contributed by atoms with van der Waals surface area (Å²) < 4.78 is 11.7. The quantitative estimate of drug-likeness (QED) is 0.295. The van der Waals surface area contributed by atoms with E-state index in [1.807, 2.05) is 66.7 Å². The lowest BCUT2D eigenvalue weighted by Gasteiger charge is -2.35. The van der Waals surface area contributed by atoms with Crippen LogP contribution in [-0.4, -0.2) is 34.9 Å². The van der Waals surface area contributed by atoms with Crippen molar-refractivity contribution in [1.29, 1.82) is 0 Å². The lowest BCUT2D eigenvalue weighted by molar-refractivity contribution is -0.158. The summed E-state index contributed by atoms with van der Waals surface area (Å²) in [5.41, 5.74) is 2.69. The van der Waals surface area contributed by atoms with Crippen molar-refractivity contribution >= 4 is 28.6 Å². The SMILES string of the molecule is C[C@@H](Oc1ccccc1)C(=O)O[C@H]1Cc2ccccc2[C@H]1N1C(=O)c2cccc3cccc(c23)C1=O. The molecule has 2 aliphatic rings. The predicted molar refractivity (Wildman–Crippen MR) is 134 cm³/mol. The van der Waals surface area contributed by atoms with E-state index in [2.05, 4.69) is 0 Å². The third-order valence-electron chi connectivity index (χ3n) is 6.88. The fourth-order valence-electron chi connectivity index (χ4n) is 5.25. The van der Waals surface area contributed by atoms with Crippen LogP contribution in [-0.2, 0) is 16.0 Å². The number of hydrogen-bond donors (Lipinski definition) is 0.